The Labute approximate surface area is 259 Å². The van der Waals surface area contributed by atoms with Gasteiger partial charge in [0, 0.05) is 43.1 Å². The number of rotatable bonds is 3. The highest BCUT2D eigenvalue weighted by molar-refractivity contribution is 7.26. The molecule has 0 atom stereocenters. The summed E-state index contributed by atoms with van der Waals surface area (Å²) >= 11 is 1.88. The van der Waals surface area contributed by atoms with Gasteiger partial charge < -0.3 is 5.32 Å². The zero-order valence-corrected chi connectivity index (χ0v) is 24.7. The smallest absolute Gasteiger partial charge is 0.208 e. The van der Waals surface area contributed by atoms with Gasteiger partial charge in [0.1, 0.15) is 0 Å². The van der Waals surface area contributed by atoms with Crippen molar-refractivity contribution in [1.82, 2.24) is 9.88 Å². The molecular formula is C40H27N3S. The van der Waals surface area contributed by atoms with Gasteiger partial charge in [0.2, 0.25) is 5.96 Å². The summed E-state index contributed by atoms with van der Waals surface area (Å²) in [5.41, 5.74) is 9.25. The maximum atomic E-state index is 5.24. The molecule has 2 aromatic heterocycles. The number of fused-ring (bicyclic) bond motifs is 7. The zero-order chi connectivity index (χ0) is 29.0. The molecule has 1 aliphatic rings. The van der Waals surface area contributed by atoms with E-state index in [1.165, 1.54) is 58.7 Å². The van der Waals surface area contributed by atoms with E-state index in [4.69, 9.17) is 4.99 Å². The van der Waals surface area contributed by atoms with Crippen LogP contribution in [-0.4, -0.2) is 17.1 Å². The summed E-state index contributed by atoms with van der Waals surface area (Å²) in [6.45, 7) is 0.712. The molecule has 1 aliphatic heterocycles. The Morgan fingerprint density at radius 3 is 2.09 bits per heavy atom. The van der Waals surface area contributed by atoms with Crippen LogP contribution in [0.25, 0.3) is 69.9 Å². The van der Waals surface area contributed by atoms with Crippen LogP contribution in [0, 0.1) is 0 Å². The van der Waals surface area contributed by atoms with Crippen LogP contribution < -0.4 is 5.32 Å². The van der Waals surface area contributed by atoms with Gasteiger partial charge in [-0.2, -0.15) is 0 Å². The second kappa shape index (κ2) is 10.1. The average molecular weight is 582 g/mol. The number of nitrogens with one attached hydrogen (secondary N) is 1. The quantitative estimate of drug-likeness (QED) is 0.221. The normalized spacial score (nSPS) is 13.4. The molecule has 0 unspecified atom stereocenters. The summed E-state index contributed by atoms with van der Waals surface area (Å²) < 4.78 is 4.95. The molecule has 1 N–H and O–H groups in total. The molecule has 208 valence electrons. The Kier molecular flexibility index (Phi) is 5.75. The van der Waals surface area contributed by atoms with Gasteiger partial charge in [0.05, 0.1) is 16.7 Å². The summed E-state index contributed by atoms with van der Waals surface area (Å²) in [6.07, 6.45) is 2.18. The number of nitrogens with zero attached hydrogens (tertiary/aromatic N) is 2. The van der Waals surface area contributed by atoms with Crippen LogP contribution in [0.3, 0.4) is 0 Å². The predicted molar refractivity (Wildman–Crippen MR) is 188 cm³/mol. The lowest BCUT2D eigenvalue weighted by atomic mass is 9.98. The lowest BCUT2D eigenvalue weighted by molar-refractivity contribution is 0.961. The van der Waals surface area contributed by atoms with Crippen molar-refractivity contribution in [3.05, 3.63) is 151 Å². The monoisotopic (exact) mass is 581 g/mol. The fourth-order valence-electron chi connectivity index (χ4n) is 6.56. The molecule has 0 spiro atoms. The second-order valence-corrected chi connectivity index (χ2v) is 12.3. The van der Waals surface area contributed by atoms with Crippen molar-refractivity contribution < 1.29 is 0 Å². The van der Waals surface area contributed by atoms with Crippen LogP contribution >= 0.6 is 11.3 Å². The van der Waals surface area contributed by atoms with E-state index in [0.29, 0.717) is 6.54 Å². The molecule has 8 aromatic rings. The molecule has 9 rings (SSSR count). The van der Waals surface area contributed by atoms with Crippen LogP contribution in [0.1, 0.15) is 5.56 Å². The Morgan fingerprint density at radius 2 is 1.23 bits per heavy atom. The molecule has 0 saturated carbocycles. The van der Waals surface area contributed by atoms with Gasteiger partial charge in [0.25, 0.3) is 0 Å². The molecule has 44 heavy (non-hydrogen) atoms. The summed E-state index contributed by atoms with van der Waals surface area (Å²) in [6, 6.07) is 50.0. The summed E-state index contributed by atoms with van der Waals surface area (Å²) in [7, 11) is 0. The van der Waals surface area contributed by atoms with E-state index in [1.54, 1.807) is 0 Å². The lowest BCUT2D eigenvalue weighted by Gasteiger charge is -2.18. The van der Waals surface area contributed by atoms with Crippen molar-refractivity contribution in [3.8, 4) is 22.3 Å². The van der Waals surface area contributed by atoms with E-state index in [2.05, 4.69) is 155 Å². The van der Waals surface area contributed by atoms with E-state index in [-0.39, 0.29) is 0 Å². The van der Waals surface area contributed by atoms with Crippen LogP contribution in [0.4, 0.5) is 0 Å². The van der Waals surface area contributed by atoms with Gasteiger partial charge in [-0.25, -0.2) is 4.99 Å². The minimum absolute atomic E-state index is 0.712. The molecule has 0 saturated heterocycles. The van der Waals surface area contributed by atoms with Gasteiger partial charge in [0.15, 0.2) is 0 Å². The summed E-state index contributed by atoms with van der Waals surface area (Å²) in [5.74, 6) is 0.853. The average Bonchev–Trinajstić information content (AvgIpc) is 3.65. The van der Waals surface area contributed by atoms with Crippen LogP contribution in [0.15, 0.2) is 151 Å². The third-order valence-electron chi connectivity index (χ3n) is 8.66. The molecule has 4 heteroatoms. The van der Waals surface area contributed by atoms with Gasteiger partial charge >= 0.3 is 0 Å². The van der Waals surface area contributed by atoms with Crippen molar-refractivity contribution >= 4 is 65.0 Å². The number of benzene rings is 6. The number of aromatic nitrogens is 1. The Bertz CT molecular complexity index is 2430. The number of hydrogen-bond acceptors (Lipinski definition) is 3. The molecule has 0 amide bonds. The highest BCUT2D eigenvalue weighted by atomic mass is 32.1. The first-order chi connectivity index (χ1) is 21.8. The fraction of sp³-hybridized carbons (Fsp3) is 0.0250. The molecule has 0 aliphatic carbocycles. The third kappa shape index (κ3) is 3.99. The van der Waals surface area contributed by atoms with Gasteiger partial charge in [-0.1, -0.05) is 115 Å². The largest absolute Gasteiger partial charge is 0.352 e. The number of hydrogen-bond donors (Lipinski definition) is 1. The maximum absolute atomic E-state index is 5.24. The van der Waals surface area contributed by atoms with E-state index >= 15 is 0 Å². The zero-order valence-electron chi connectivity index (χ0n) is 23.9. The summed E-state index contributed by atoms with van der Waals surface area (Å²) in [5, 5.41) is 8.76. The summed E-state index contributed by atoms with van der Waals surface area (Å²) in [4.78, 5) is 5.24. The highest BCUT2D eigenvalue weighted by Crippen LogP contribution is 2.42. The van der Waals surface area contributed by atoms with Crippen LogP contribution in [0.2, 0.25) is 0 Å². The van der Waals surface area contributed by atoms with Crippen molar-refractivity contribution in [3.63, 3.8) is 0 Å². The number of para-hydroxylation sites is 1. The molecule has 6 aromatic carbocycles. The lowest BCUT2D eigenvalue weighted by Crippen LogP contribution is -2.32. The third-order valence-corrected chi connectivity index (χ3v) is 9.86. The van der Waals surface area contributed by atoms with E-state index < -0.39 is 0 Å². The standard InChI is InChI=1S/C40H27N3S/c1-2-9-26(10-3-1)27-17-19-28(20-18-27)29-11-8-12-30(25-29)34-23-24-41-40(42-34)43-35-15-6-4-14-33(35)38-36(43)22-21-32-31-13-5-7-16-37(31)44-39(32)38/h1-23,25H,24H2,(H,41,42). The van der Waals surface area contributed by atoms with Crippen LogP contribution in [-0.2, 0) is 0 Å². The van der Waals surface area contributed by atoms with E-state index in [9.17, 15) is 0 Å². The molecule has 0 bridgehead atoms. The number of thiophene rings is 1. The van der Waals surface area contributed by atoms with Gasteiger partial charge in [-0.05, 0) is 52.6 Å². The molecule has 3 heterocycles. The topological polar surface area (TPSA) is 29.3 Å². The predicted octanol–water partition coefficient (Wildman–Crippen LogP) is 10.3. The Morgan fingerprint density at radius 1 is 0.545 bits per heavy atom. The fourth-order valence-corrected chi connectivity index (χ4v) is 7.82. The maximum Gasteiger partial charge on any atom is 0.208 e. The van der Waals surface area contributed by atoms with Crippen molar-refractivity contribution in [2.45, 2.75) is 0 Å². The van der Waals surface area contributed by atoms with Gasteiger partial charge in [-0.15, -0.1) is 11.3 Å². The first-order valence-electron chi connectivity index (χ1n) is 14.9. The van der Waals surface area contributed by atoms with Crippen LogP contribution in [0.5, 0.6) is 0 Å². The highest BCUT2D eigenvalue weighted by Gasteiger charge is 2.20. The van der Waals surface area contributed by atoms with Gasteiger partial charge in [-0.3, -0.25) is 4.57 Å². The van der Waals surface area contributed by atoms with Crippen molar-refractivity contribution in [2.75, 3.05) is 6.54 Å². The van der Waals surface area contributed by atoms with E-state index in [0.717, 1.165) is 22.7 Å². The first-order valence-corrected chi connectivity index (χ1v) is 15.8. The molecule has 0 fully saturated rings. The number of aliphatic imine (C=N–C) groups is 1. The first kappa shape index (κ1) is 25.1. The minimum Gasteiger partial charge on any atom is -0.352 e. The Hall–Kier alpha value is -5.45. The minimum atomic E-state index is 0.712. The second-order valence-electron chi connectivity index (χ2n) is 11.2. The molecule has 0 radical (unpaired) electrons. The van der Waals surface area contributed by atoms with Crippen molar-refractivity contribution in [1.29, 1.82) is 0 Å². The molecular weight excluding hydrogens is 555 g/mol. The van der Waals surface area contributed by atoms with Crippen molar-refractivity contribution in [2.24, 2.45) is 4.99 Å². The SMILES string of the molecule is C1=C(c2cccc(-c3ccc(-c4ccccc4)cc3)c2)N=C(n2c3ccccc3c3c4sc5ccccc5c4ccc32)NC1. The molecule has 3 nitrogen and oxygen atoms in total. The Balaban J connectivity index is 1.14. The van der Waals surface area contributed by atoms with E-state index in [1.807, 2.05) is 11.3 Å².